The molecule has 0 unspecified atom stereocenters. The van der Waals surface area contributed by atoms with Crippen LogP contribution in [0.4, 0.5) is 5.69 Å². The fourth-order valence-corrected chi connectivity index (χ4v) is 3.89. The second-order valence-corrected chi connectivity index (χ2v) is 8.27. The van der Waals surface area contributed by atoms with Crippen molar-refractivity contribution < 1.29 is 14.3 Å². The van der Waals surface area contributed by atoms with Gasteiger partial charge in [-0.25, -0.2) is 15.0 Å². The maximum absolute atomic E-state index is 12.1. The molecule has 0 atom stereocenters. The molecule has 3 aromatic rings. The fourth-order valence-electron chi connectivity index (χ4n) is 2.52. The lowest BCUT2D eigenvalue weighted by molar-refractivity contribution is -0.144. The summed E-state index contributed by atoms with van der Waals surface area (Å²) in [6.07, 6.45) is 0. The Morgan fingerprint density at radius 1 is 1.10 bits per heavy atom. The maximum Gasteiger partial charge on any atom is 0.316 e. The van der Waals surface area contributed by atoms with Crippen LogP contribution in [-0.2, 0) is 14.3 Å². The van der Waals surface area contributed by atoms with Gasteiger partial charge in [0.15, 0.2) is 11.8 Å². The van der Waals surface area contributed by atoms with Crippen LogP contribution >= 0.6 is 23.1 Å². The van der Waals surface area contributed by atoms with Crippen LogP contribution in [0.1, 0.15) is 16.4 Å². The molecule has 1 aromatic carbocycles. The minimum atomic E-state index is -0.500. The van der Waals surface area contributed by atoms with Gasteiger partial charge in [0.2, 0.25) is 0 Å². The third kappa shape index (κ3) is 6.37. The first-order chi connectivity index (χ1) is 13.9. The van der Waals surface area contributed by atoms with Crippen LogP contribution in [0, 0.1) is 20.8 Å². The predicted octanol–water partition coefficient (Wildman–Crippen LogP) is 3.80. The van der Waals surface area contributed by atoms with Crippen LogP contribution in [0.3, 0.4) is 0 Å². The van der Waals surface area contributed by atoms with Crippen molar-refractivity contribution in [3.05, 3.63) is 52.1 Å². The van der Waals surface area contributed by atoms with Gasteiger partial charge in [-0.15, -0.1) is 11.3 Å². The van der Waals surface area contributed by atoms with E-state index in [9.17, 15) is 9.59 Å². The number of thioether (sulfide) groups is 1. The minimum Gasteiger partial charge on any atom is -0.455 e. The second kappa shape index (κ2) is 9.62. The summed E-state index contributed by atoms with van der Waals surface area (Å²) in [7, 11) is 0. The highest BCUT2D eigenvalue weighted by molar-refractivity contribution is 7.99. The van der Waals surface area contributed by atoms with E-state index in [1.54, 1.807) is 17.4 Å². The number of anilines is 1. The van der Waals surface area contributed by atoms with E-state index in [-0.39, 0.29) is 12.4 Å². The van der Waals surface area contributed by atoms with Gasteiger partial charge in [0.25, 0.3) is 5.91 Å². The van der Waals surface area contributed by atoms with Crippen molar-refractivity contribution in [1.82, 2.24) is 15.0 Å². The summed E-state index contributed by atoms with van der Waals surface area (Å²) in [6.45, 7) is 5.32. The average molecular weight is 429 g/mol. The molecule has 0 saturated heterocycles. The molecule has 7 nitrogen and oxygen atoms in total. The summed E-state index contributed by atoms with van der Waals surface area (Å²) in [6, 6.07) is 9.23. The van der Waals surface area contributed by atoms with Gasteiger partial charge in [-0.1, -0.05) is 23.9 Å². The number of carbonyl (C=O) groups is 2. The number of aromatic nitrogens is 3. The Bertz CT molecular complexity index is 1020. The molecular weight excluding hydrogens is 408 g/mol. The zero-order chi connectivity index (χ0) is 20.8. The molecule has 150 valence electrons. The summed E-state index contributed by atoms with van der Waals surface area (Å²) < 4.78 is 5.04. The first-order valence-electron chi connectivity index (χ1n) is 8.82. The average Bonchev–Trinajstić information content (AvgIpc) is 3.11. The van der Waals surface area contributed by atoms with Crippen molar-refractivity contribution in [2.24, 2.45) is 0 Å². The smallest absolute Gasteiger partial charge is 0.316 e. The lowest BCUT2D eigenvalue weighted by Gasteiger charge is -2.08. The number of rotatable bonds is 7. The van der Waals surface area contributed by atoms with E-state index in [1.165, 1.54) is 11.8 Å². The molecule has 2 heterocycles. The molecule has 3 rings (SSSR count). The Balaban J connectivity index is 1.47. The molecule has 1 N–H and O–H groups in total. The van der Waals surface area contributed by atoms with E-state index < -0.39 is 11.9 Å². The van der Waals surface area contributed by atoms with Crippen LogP contribution in [0.15, 0.2) is 40.9 Å². The van der Waals surface area contributed by atoms with Gasteiger partial charge in [0.05, 0.1) is 16.5 Å². The first kappa shape index (κ1) is 20.9. The van der Waals surface area contributed by atoms with Gasteiger partial charge in [0, 0.05) is 28.0 Å². The highest BCUT2D eigenvalue weighted by Crippen LogP contribution is 2.24. The minimum absolute atomic E-state index is 0.0365. The molecule has 9 heteroatoms. The number of benzene rings is 1. The molecule has 0 radical (unpaired) electrons. The third-order valence-electron chi connectivity index (χ3n) is 3.71. The van der Waals surface area contributed by atoms with E-state index in [1.807, 2.05) is 50.4 Å². The molecule has 1 amide bonds. The zero-order valence-electron chi connectivity index (χ0n) is 16.3. The van der Waals surface area contributed by atoms with Gasteiger partial charge < -0.3 is 10.1 Å². The topological polar surface area (TPSA) is 94.1 Å². The molecule has 0 aliphatic carbocycles. The summed E-state index contributed by atoms with van der Waals surface area (Å²) >= 11 is 2.75. The molecule has 0 aliphatic rings. The van der Waals surface area contributed by atoms with Crippen molar-refractivity contribution in [1.29, 1.82) is 0 Å². The summed E-state index contributed by atoms with van der Waals surface area (Å²) in [4.78, 5) is 36.9. The summed E-state index contributed by atoms with van der Waals surface area (Å²) in [5, 5.41) is 6.19. The van der Waals surface area contributed by atoms with Gasteiger partial charge in [-0.3, -0.25) is 9.59 Å². The number of hydrogen-bond donors (Lipinski definition) is 1. The Morgan fingerprint density at radius 2 is 1.86 bits per heavy atom. The quantitative estimate of drug-likeness (QED) is 0.347. The molecule has 0 fully saturated rings. The second-order valence-electron chi connectivity index (χ2n) is 6.26. The van der Waals surface area contributed by atoms with Gasteiger partial charge in [-0.05, 0) is 39.0 Å². The highest BCUT2D eigenvalue weighted by Gasteiger charge is 2.11. The van der Waals surface area contributed by atoms with E-state index >= 15 is 0 Å². The molecule has 0 bridgehead atoms. The predicted molar refractivity (Wildman–Crippen MR) is 114 cm³/mol. The Morgan fingerprint density at radius 3 is 2.55 bits per heavy atom. The van der Waals surface area contributed by atoms with Crippen molar-refractivity contribution >= 4 is 40.7 Å². The first-order valence-corrected chi connectivity index (χ1v) is 10.7. The van der Waals surface area contributed by atoms with Gasteiger partial charge in [0.1, 0.15) is 0 Å². The van der Waals surface area contributed by atoms with Crippen LogP contribution in [-0.4, -0.2) is 39.2 Å². The molecule has 2 aromatic heterocycles. The van der Waals surface area contributed by atoms with Crippen molar-refractivity contribution in [2.75, 3.05) is 17.7 Å². The number of hydrogen-bond acceptors (Lipinski definition) is 8. The number of carbonyl (C=O) groups excluding carboxylic acids is 2. The van der Waals surface area contributed by atoms with Crippen molar-refractivity contribution in [3.63, 3.8) is 0 Å². The molecule has 29 heavy (non-hydrogen) atoms. The van der Waals surface area contributed by atoms with Crippen LogP contribution in [0.5, 0.6) is 0 Å². The molecule has 0 spiro atoms. The van der Waals surface area contributed by atoms with Gasteiger partial charge >= 0.3 is 5.97 Å². The zero-order valence-corrected chi connectivity index (χ0v) is 17.9. The lowest BCUT2D eigenvalue weighted by atomic mass is 10.1. The Kier molecular flexibility index (Phi) is 6.95. The van der Waals surface area contributed by atoms with E-state index in [0.717, 1.165) is 27.7 Å². The van der Waals surface area contributed by atoms with Crippen molar-refractivity contribution in [3.8, 4) is 11.3 Å². The van der Waals surface area contributed by atoms with Crippen LogP contribution in [0.25, 0.3) is 11.3 Å². The fraction of sp³-hybridized carbons (Fsp3) is 0.250. The lowest BCUT2D eigenvalue weighted by Crippen LogP contribution is -2.21. The summed E-state index contributed by atoms with van der Waals surface area (Å²) in [5.74, 6) is -0.869. The van der Waals surface area contributed by atoms with E-state index in [4.69, 9.17) is 4.74 Å². The third-order valence-corrected chi connectivity index (χ3v) is 5.30. The molecular formula is C20H20N4O3S2. The number of thiazole rings is 1. The number of nitrogens with zero attached hydrogens (tertiary/aromatic N) is 3. The Labute approximate surface area is 177 Å². The number of aryl methyl sites for hydroxylation is 3. The number of amides is 1. The standard InChI is InChI=1S/C20H20N4O3S2/c1-12-7-13(2)22-20(21-12)29-11-19(26)27-9-18(25)24-16-6-4-5-15(8-16)17-10-28-14(3)23-17/h4-8,10H,9,11H2,1-3H3,(H,24,25). The maximum atomic E-state index is 12.1. The van der Waals surface area contributed by atoms with Gasteiger partial charge in [-0.2, -0.15) is 0 Å². The van der Waals surface area contributed by atoms with E-state index in [0.29, 0.717) is 10.8 Å². The molecule has 0 aliphatic heterocycles. The normalized spacial score (nSPS) is 10.6. The summed E-state index contributed by atoms with van der Waals surface area (Å²) in [5.41, 5.74) is 4.06. The Hall–Kier alpha value is -2.78. The number of ether oxygens (including phenoxy) is 1. The SMILES string of the molecule is Cc1cc(C)nc(SCC(=O)OCC(=O)Nc2cccc(-c3csc(C)n3)c2)n1. The monoisotopic (exact) mass is 428 g/mol. The van der Waals surface area contributed by atoms with Crippen LogP contribution in [0.2, 0.25) is 0 Å². The molecule has 0 saturated carbocycles. The number of nitrogens with one attached hydrogen (secondary N) is 1. The van der Waals surface area contributed by atoms with E-state index in [2.05, 4.69) is 20.3 Å². The highest BCUT2D eigenvalue weighted by atomic mass is 32.2. The van der Waals surface area contributed by atoms with Crippen molar-refractivity contribution in [2.45, 2.75) is 25.9 Å². The van der Waals surface area contributed by atoms with Crippen LogP contribution < -0.4 is 5.32 Å². The largest absolute Gasteiger partial charge is 0.455 e. The number of esters is 1.